The lowest BCUT2D eigenvalue weighted by atomic mass is 9.77. The summed E-state index contributed by atoms with van der Waals surface area (Å²) in [6.07, 6.45) is 1.23. The van der Waals surface area contributed by atoms with Crippen molar-refractivity contribution in [2.75, 3.05) is 19.5 Å². The van der Waals surface area contributed by atoms with Crippen LogP contribution in [0, 0.1) is 0 Å². The Balaban J connectivity index is 1.11. The molecule has 2 fully saturated rings. The number of β-lactam (4-membered cyclic amide) rings is 1. The Labute approximate surface area is 291 Å². The maximum Gasteiger partial charge on any atom is 0.352 e. The van der Waals surface area contributed by atoms with E-state index in [-0.39, 0.29) is 17.5 Å². The van der Waals surface area contributed by atoms with Crippen LogP contribution in [-0.4, -0.2) is 75.0 Å². The number of rotatable bonds is 11. The number of ether oxygens (including phenoxy) is 1. The quantitative estimate of drug-likeness (QED) is 0.0765. The molecule has 2 amide bonds. The molecule has 14 heteroatoms. The Morgan fingerprint density at radius 1 is 1.00 bits per heavy atom. The van der Waals surface area contributed by atoms with Crippen molar-refractivity contribution >= 4 is 47.2 Å². The van der Waals surface area contributed by atoms with Crippen molar-refractivity contribution in [2.24, 2.45) is 5.16 Å². The van der Waals surface area contributed by atoms with Gasteiger partial charge in [-0.3, -0.25) is 19.9 Å². The van der Waals surface area contributed by atoms with Crippen LogP contribution in [0.5, 0.6) is 0 Å². The first-order valence-corrected chi connectivity index (χ1v) is 17.6. The van der Waals surface area contributed by atoms with E-state index in [4.69, 9.17) is 9.57 Å². The average molecular weight is 699 g/mol. The van der Waals surface area contributed by atoms with Gasteiger partial charge in [-0.15, -0.1) is 11.8 Å². The summed E-state index contributed by atoms with van der Waals surface area (Å²) in [6, 6.07) is 29.3. The molecule has 3 atom stereocenters. The Morgan fingerprint density at radius 3 is 2.14 bits per heavy atom. The standard InChI is InChI=1S/C35H34N6O6S2/c1-46-38-28(31(42)36-29-32(43)40-30(34(44)45)25(20-48-33(29)40)27-18-11-19-47-27)26-21-49-41(37-26)39-35(22-12-5-2-6-13-22,23-14-7-3-8-15-23)24-16-9-4-10-17-24/h2-10,12-17,21,27,29,33,37,39H,11,18-20H2,1H3,(H,36,42)(H,44,45)/b38-28-/t27-,29+,33+/m0/s1. The third-order valence-electron chi connectivity index (χ3n) is 8.85. The molecule has 0 bridgehead atoms. The number of hydrazine groups is 2. The Bertz CT molecular complexity index is 1720. The molecule has 49 heavy (non-hydrogen) atoms. The number of carboxylic acids is 1. The number of carbonyl (C=O) groups excluding carboxylic acids is 2. The third kappa shape index (κ3) is 6.10. The van der Waals surface area contributed by atoms with Crippen molar-refractivity contribution in [1.82, 2.24) is 25.6 Å². The zero-order valence-electron chi connectivity index (χ0n) is 26.4. The van der Waals surface area contributed by atoms with Gasteiger partial charge in [-0.05, 0) is 47.1 Å². The molecule has 3 aromatic rings. The number of hydrogen-bond donors (Lipinski definition) is 4. The highest BCUT2D eigenvalue weighted by Crippen LogP contribution is 2.43. The summed E-state index contributed by atoms with van der Waals surface area (Å²) in [4.78, 5) is 45.7. The fourth-order valence-electron chi connectivity index (χ4n) is 6.60. The molecule has 7 rings (SSSR count). The molecule has 4 aliphatic heterocycles. The van der Waals surface area contributed by atoms with Gasteiger partial charge in [0.05, 0.1) is 11.8 Å². The van der Waals surface area contributed by atoms with Crippen LogP contribution in [-0.2, 0) is 29.5 Å². The molecule has 4 aliphatic rings. The molecule has 12 nitrogen and oxygen atoms in total. The summed E-state index contributed by atoms with van der Waals surface area (Å²) >= 11 is 2.68. The molecular weight excluding hydrogens is 665 g/mol. The van der Waals surface area contributed by atoms with E-state index in [2.05, 4.69) is 57.7 Å². The van der Waals surface area contributed by atoms with Crippen molar-refractivity contribution < 1.29 is 29.1 Å². The van der Waals surface area contributed by atoms with Crippen molar-refractivity contribution in [3.05, 3.63) is 130 Å². The van der Waals surface area contributed by atoms with Gasteiger partial charge in [0.25, 0.3) is 11.8 Å². The molecule has 0 unspecified atom stereocenters. The lowest BCUT2D eigenvalue weighted by Gasteiger charge is -2.49. The molecule has 252 valence electrons. The second kappa shape index (κ2) is 14.1. The molecular formula is C35H34N6O6S2. The summed E-state index contributed by atoms with van der Waals surface area (Å²) in [6.45, 7) is 0.560. The monoisotopic (exact) mass is 698 g/mol. The second-order valence-corrected chi connectivity index (χ2v) is 13.6. The third-order valence-corrected chi connectivity index (χ3v) is 10.9. The normalized spacial score (nSPS) is 22.6. The Morgan fingerprint density at radius 2 is 1.61 bits per heavy atom. The van der Waals surface area contributed by atoms with Crippen molar-refractivity contribution in [3.63, 3.8) is 0 Å². The van der Waals surface area contributed by atoms with Gasteiger partial charge in [-0.1, -0.05) is 101 Å². The van der Waals surface area contributed by atoms with Crippen LogP contribution in [0.15, 0.2) is 119 Å². The highest BCUT2D eigenvalue weighted by molar-refractivity contribution is 8.00. The maximum absolute atomic E-state index is 13.7. The van der Waals surface area contributed by atoms with Gasteiger partial charge in [-0.2, -0.15) is 0 Å². The maximum atomic E-state index is 13.7. The van der Waals surface area contributed by atoms with Crippen LogP contribution in [0.3, 0.4) is 0 Å². The smallest absolute Gasteiger partial charge is 0.352 e. The first-order chi connectivity index (χ1) is 23.9. The van der Waals surface area contributed by atoms with E-state index >= 15 is 0 Å². The number of benzene rings is 3. The van der Waals surface area contributed by atoms with Gasteiger partial charge >= 0.3 is 5.97 Å². The van der Waals surface area contributed by atoms with E-state index in [1.807, 2.05) is 54.6 Å². The van der Waals surface area contributed by atoms with Gasteiger partial charge in [0.1, 0.15) is 29.8 Å². The molecule has 0 radical (unpaired) electrons. The first kappa shape index (κ1) is 32.9. The number of carbonyl (C=O) groups is 3. The van der Waals surface area contributed by atoms with Crippen molar-refractivity contribution in [1.29, 1.82) is 0 Å². The van der Waals surface area contributed by atoms with Gasteiger partial charge in [0.2, 0.25) is 0 Å². The summed E-state index contributed by atoms with van der Waals surface area (Å²) in [5.41, 5.74) is 9.84. The fraction of sp³-hybridized carbons (Fsp3) is 0.257. The highest BCUT2D eigenvalue weighted by atomic mass is 32.2. The molecule has 4 heterocycles. The van der Waals surface area contributed by atoms with Crippen LogP contribution in [0.4, 0.5) is 0 Å². The van der Waals surface area contributed by atoms with Gasteiger partial charge in [0, 0.05) is 17.8 Å². The summed E-state index contributed by atoms with van der Waals surface area (Å²) in [5.74, 6) is -1.94. The van der Waals surface area contributed by atoms with Gasteiger partial charge in [-0.25, -0.2) is 10.2 Å². The molecule has 0 aliphatic carbocycles. The summed E-state index contributed by atoms with van der Waals surface area (Å²) < 4.78 is 7.44. The van der Waals surface area contributed by atoms with Crippen LogP contribution in [0.1, 0.15) is 29.5 Å². The summed E-state index contributed by atoms with van der Waals surface area (Å²) in [5, 5.41) is 18.0. The predicted octanol–water partition coefficient (Wildman–Crippen LogP) is 3.71. The minimum atomic E-state index is -1.18. The van der Waals surface area contributed by atoms with Crippen LogP contribution in [0.2, 0.25) is 0 Å². The number of nitrogens with one attached hydrogen (secondary N) is 3. The van der Waals surface area contributed by atoms with Gasteiger partial charge in [0.15, 0.2) is 5.71 Å². The zero-order valence-corrected chi connectivity index (χ0v) is 28.1. The van der Waals surface area contributed by atoms with Crippen molar-refractivity contribution in [2.45, 2.75) is 35.9 Å². The van der Waals surface area contributed by atoms with E-state index in [1.54, 1.807) is 9.93 Å². The number of thioether (sulfide) groups is 1. The lowest BCUT2D eigenvalue weighted by molar-refractivity contribution is -0.150. The average Bonchev–Trinajstić information content (AvgIpc) is 3.85. The minimum Gasteiger partial charge on any atom is -0.477 e. The van der Waals surface area contributed by atoms with Gasteiger partial charge < -0.3 is 20.0 Å². The number of nitrogens with zero attached hydrogens (tertiary/aromatic N) is 3. The second-order valence-electron chi connectivity index (χ2n) is 11.7. The highest BCUT2D eigenvalue weighted by Gasteiger charge is 2.55. The minimum absolute atomic E-state index is 0.0473. The SMILES string of the molecule is CO/N=C(\C(=O)N[C@@H]1C(=O)N2C(C(=O)O)=C([C@@H]3CCCO3)CS[C@H]12)C1=CSN(NC(c2ccccc2)(c2ccccc2)c2ccccc2)N1. The van der Waals surface area contributed by atoms with E-state index in [0.29, 0.717) is 30.1 Å². The molecule has 0 aromatic heterocycles. The fourth-order valence-corrected chi connectivity index (χ4v) is 8.72. The Kier molecular flexibility index (Phi) is 9.47. The molecule has 0 spiro atoms. The first-order valence-electron chi connectivity index (χ1n) is 15.8. The van der Waals surface area contributed by atoms with E-state index in [1.165, 1.54) is 35.7 Å². The van der Waals surface area contributed by atoms with E-state index < -0.39 is 34.7 Å². The van der Waals surface area contributed by atoms with E-state index in [9.17, 15) is 19.5 Å². The number of carboxylic acid groups (broad SMARTS) is 1. The van der Waals surface area contributed by atoms with Crippen LogP contribution >= 0.6 is 23.7 Å². The number of amides is 2. The zero-order chi connectivity index (χ0) is 34.0. The predicted molar refractivity (Wildman–Crippen MR) is 186 cm³/mol. The molecule has 4 N–H and O–H groups in total. The molecule has 2 saturated heterocycles. The van der Waals surface area contributed by atoms with Crippen LogP contribution < -0.4 is 16.2 Å². The lowest BCUT2D eigenvalue weighted by Crippen LogP contribution is -2.71. The molecule has 3 aromatic carbocycles. The topological polar surface area (TPSA) is 145 Å². The number of oxime groups is 1. The number of fused-ring (bicyclic) bond motifs is 1. The largest absolute Gasteiger partial charge is 0.477 e. The Hall–Kier alpha value is -4.60. The van der Waals surface area contributed by atoms with Crippen LogP contribution in [0.25, 0.3) is 0 Å². The number of aliphatic carboxylic acids is 1. The summed E-state index contributed by atoms with van der Waals surface area (Å²) in [7, 11) is 1.33. The number of hydrogen-bond acceptors (Lipinski definition) is 11. The van der Waals surface area contributed by atoms with E-state index in [0.717, 1.165) is 23.1 Å². The molecule has 0 saturated carbocycles. The van der Waals surface area contributed by atoms with Crippen molar-refractivity contribution in [3.8, 4) is 0 Å².